The summed E-state index contributed by atoms with van der Waals surface area (Å²) >= 11 is 0. The summed E-state index contributed by atoms with van der Waals surface area (Å²) in [6.07, 6.45) is 11.1. The van der Waals surface area contributed by atoms with E-state index in [1.54, 1.807) is 18.6 Å². The highest BCUT2D eigenvalue weighted by Gasteiger charge is 2.44. The Morgan fingerprint density at radius 1 is 1.07 bits per heavy atom. The molecule has 8 nitrogen and oxygen atoms in total. The molecule has 4 atom stereocenters. The molecule has 158 valence electrons. The van der Waals surface area contributed by atoms with Crippen LogP contribution in [0.2, 0.25) is 0 Å². The van der Waals surface area contributed by atoms with Crippen LogP contribution < -0.4 is 4.74 Å². The van der Waals surface area contributed by atoms with Gasteiger partial charge in [0.1, 0.15) is 17.7 Å². The van der Waals surface area contributed by atoms with Gasteiger partial charge in [0.05, 0.1) is 17.9 Å². The second kappa shape index (κ2) is 7.83. The molecule has 1 saturated carbocycles. The van der Waals surface area contributed by atoms with Gasteiger partial charge in [-0.15, -0.1) is 0 Å². The molecule has 0 spiro atoms. The first kappa shape index (κ1) is 19.2. The predicted molar refractivity (Wildman–Crippen MR) is 110 cm³/mol. The van der Waals surface area contributed by atoms with E-state index in [4.69, 9.17) is 9.26 Å². The summed E-state index contributed by atoms with van der Waals surface area (Å²) in [5.74, 6) is 3.79. The molecule has 1 saturated heterocycles. The van der Waals surface area contributed by atoms with Crippen molar-refractivity contribution in [2.45, 2.75) is 52.3 Å². The van der Waals surface area contributed by atoms with E-state index in [0.29, 0.717) is 17.7 Å². The van der Waals surface area contributed by atoms with Crippen LogP contribution in [0.3, 0.4) is 0 Å². The fraction of sp³-hybridized carbons (Fsp3) is 0.545. The van der Waals surface area contributed by atoms with Crippen LogP contribution in [0.15, 0.2) is 35.5 Å². The Kier molecular flexibility index (Phi) is 5.02. The van der Waals surface area contributed by atoms with E-state index < -0.39 is 0 Å². The van der Waals surface area contributed by atoms with E-state index in [2.05, 4.69) is 42.7 Å². The molecule has 5 rings (SSSR count). The van der Waals surface area contributed by atoms with E-state index in [1.807, 2.05) is 20.0 Å². The summed E-state index contributed by atoms with van der Waals surface area (Å²) in [6.45, 7) is 9.16. The quantitative estimate of drug-likeness (QED) is 0.641. The van der Waals surface area contributed by atoms with Crippen molar-refractivity contribution in [3.8, 4) is 5.88 Å². The van der Waals surface area contributed by atoms with Gasteiger partial charge in [0.25, 0.3) is 0 Å². The topological polar surface area (TPSA) is 82.1 Å². The van der Waals surface area contributed by atoms with Gasteiger partial charge in [-0.25, -0.2) is 9.97 Å². The number of hydrogen-bond acceptors (Lipinski definition) is 7. The fourth-order valence-electron chi connectivity index (χ4n) is 5.23. The summed E-state index contributed by atoms with van der Waals surface area (Å²) in [4.78, 5) is 15.5. The lowest BCUT2D eigenvalue weighted by Gasteiger charge is -2.38. The minimum absolute atomic E-state index is 0.0508. The normalized spacial score (nSPS) is 26.6. The minimum Gasteiger partial charge on any atom is -0.471 e. The predicted octanol–water partition coefficient (Wildman–Crippen LogP) is 3.12. The lowest BCUT2D eigenvalue weighted by atomic mass is 9.77. The summed E-state index contributed by atoms with van der Waals surface area (Å²) in [6, 6.07) is 0.245. The SMILES string of the molecule is Cc1noc(C)c1CN1C[C@H]2C[C@H](Oc3cnccn3)[C@@H](n3ccnc3C)C[C@H]2C1. The Morgan fingerprint density at radius 3 is 2.57 bits per heavy atom. The van der Waals surface area contributed by atoms with Crippen molar-refractivity contribution in [1.29, 1.82) is 0 Å². The molecule has 0 bridgehead atoms. The first-order valence-corrected chi connectivity index (χ1v) is 10.6. The monoisotopic (exact) mass is 408 g/mol. The Labute approximate surface area is 176 Å². The van der Waals surface area contributed by atoms with Crippen molar-refractivity contribution in [3.05, 3.63) is 53.8 Å². The minimum atomic E-state index is 0.0508. The van der Waals surface area contributed by atoms with E-state index in [9.17, 15) is 0 Å². The van der Waals surface area contributed by atoms with Crippen LogP contribution in [-0.4, -0.2) is 48.8 Å². The van der Waals surface area contributed by atoms with Crippen molar-refractivity contribution in [3.63, 3.8) is 0 Å². The van der Waals surface area contributed by atoms with Crippen molar-refractivity contribution in [1.82, 2.24) is 29.6 Å². The lowest BCUT2D eigenvalue weighted by Crippen LogP contribution is -2.40. The maximum Gasteiger partial charge on any atom is 0.232 e. The Morgan fingerprint density at radius 2 is 1.90 bits per heavy atom. The third kappa shape index (κ3) is 3.60. The number of nitrogens with zero attached hydrogens (tertiary/aromatic N) is 6. The molecule has 4 heterocycles. The van der Waals surface area contributed by atoms with Crippen LogP contribution in [0.25, 0.3) is 0 Å². The van der Waals surface area contributed by atoms with E-state index in [1.165, 1.54) is 5.56 Å². The number of imidazole rings is 1. The smallest absolute Gasteiger partial charge is 0.232 e. The molecule has 0 aromatic carbocycles. The third-order valence-corrected chi connectivity index (χ3v) is 6.75. The Balaban J connectivity index is 1.36. The summed E-state index contributed by atoms with van der Waals surface area (Å²) in [5.41, 5.74) is 2.22. The molecule has 30 heavy (non-hydrogen) atoms. The first-order valence-electron chi connectivity index (χ1n) is 10.6. The maximum atomic E-state index is 6.37. The Hall–Kier alpha value is -2.74. The van der Waals surface area contributed by atoms with Crippen LogP contribution in [-0.2, 0) is 6.54 Å². The van der Waals surface area contributed by atoms with Crippen molar-refractivity contribution >= 4 is 0 Å². The number of aromatic nitrogens is 5. The van der Waals surface area contributed by atoms with Crippen molar-refractivity contribution in [2.24, 2.45) is 11.8 Å². The highest BCUT2D eigenvalue weighted by Crippen LogP contribution is 2.43. The van der Waals surface area contributed by atoms with Crippen LogP contribution in [0, 0.1) is 32.6 Å². The van der Waals surface area contributed by atoms with Crippen molar-refractivity contribution in [2.75, 3.05) is 13.1 Å². The van der Waals surface area contributed by atoms with E-state index >= 15 is 0 Å². The van der Waals surface area contributed by atoms with Crippen LogP contribution in [0.4, 0.5) is 0 Å². The number of ether oxygens (including phenoxy) is 1. The summed E-state index contributed by atoms with van der Waals surface area (Å²) in [7, 11) is 0. The third-order valence-electron chi connectivity index (χ3n) is 6.75. The van der Waals surface area contributed by atoms with Gasteiger partial charge < -0.3 is 13.8 Å². The second-order valence-electron chi connectivity index (χ2n) is 8.64. The number of rotatable bonds is 5. The number of likely N-dealkylation sites (tertiary alicyclic amines) is 1. The maximum absolute atomic E-state index is 6.37. The molecular formula is C22H28N6O2. The Bertz CT molecular complexity index is 981. The fourth-order valence-corrected chi connectivity index (χ4v) is 5.23. The van der Waals surface area contributed by atoms with Crippen LogP contribution in [0.5, 0.6) is 5.88 Å². The molecule has 0 N–H and O–H groups in total. The van der Waals surface area contributed by atoms with E-state index in [-0.39, 0.29) is 12.1 Å². The van der Waals surface area contributed by atoms with Gasteiger partial charge in [-0.05, 0) is 45.4 Å². The highest BCUT2D eigenvalue weighted by molar-refractivity contribution is 5.21. The zero-order chi connectivity index (χ0) is 20.7. The van der Waals surface area contributed by atoms with Crippen molar-refractivity contribution < 1.29 is 9.26 Å². The second-order valence-corrected chi connectivity index (χ2v) is 8.64. The molecule has 3 aromatic heterocycles. The number of hydrogen-bond donors (Lipinski definition) is 0. The molecular weight excluding hydrogens is 380 g/mol. The molecule has 0 amide bonds. The number of aryl methyl sites for hydroxylation is 3. The molecule has 2 fully saturated rings. The molecule has 1 aliphatic heterocycles. The molecule has 3 aromatic rings. The molecule has 2 aliphatic rings. The molecule has 1 aliphatic carbocycles. The van der Waals surface area contributed by atoms with Gasteiger partial charge in [0, 0.05) is 50.0 Å². The van der Waals surface area contributed by atoms with E-state index in [0.717, 1.165) is 49.8 Å². The zero-order valence-electron chi connectivity index (χ0n) is 17.7. The van der Waals surface area contributed by atoms with Gasteiger partial charge >= 0.3 is 0 Å². The van der Waals surface area contributed by atoms with Gasteiger partial charge in [0.2, 0.25) is 5.88 Å². The van der Waals surface area contributed by atoms with Crippen LogP contribution in [0.1, 0.15) is 41.7 Å². The average molecular weight is 409 g/mol. The molecule has 8 heteroatoms. The zero-order valence-corrected chi connectivity index (χ0v) is 17.7. The number of fused-ring (bicyclic) bond motifs is 1. The van der Waals surface area contributed by atoms with Gasteiger partial charge in [-0.3, -0.25) is 9.88 Å². The summed E-state index contributed by atoms with van der Waals surface area (Å²) in [5, 5.41) is 4.12. The summed E-state index contributed by atoms with van der Waals surface area (Å²) < 4.78 is 14.0. The first-order chi connectivity index (χ1) is 14.6. The molecule has 0 radical (unpaired) electrons. The van der Waals surface area contributed by atoms with Gasteiger partial charge in [0.15, 0.2) is 0 Å². The standard InChI is InChI=1S/C22H28N6O2/c1-14-19(15(2)30-26-14)13-27-11-17-8-20(28-7-6-24-16(28)3)21(9-18(17)12-27)29-22-10-23-4-5-25-22/h4-7,10,17-18,20-21H,8-9,11-13H2,1-3H3/t17-,18+,20-,21-/m0/s1. The lowest BCUT2D eigenvalue weighted by molar-refractivity contribution is 0.0501. The molecule has 0 unspecified atom stereocenters. The van der Waals surface area contributed by atoms with Crippen LogP contribution >= 0.6 is 0 Å². The average Bonchev–Trinajstić information content (AvgIpc) is 3.43. The largest absolute Gasteiger partial charge is 0.471 e. The van der Waals surface area contributed by atoms with Gasteiger partial charge in [-0.2, -0.15) is 0 Å². The highest BCUT2D eigenvalue weighted by atomic mass is 16.5. The van der Waals surface area contributed by atoms with Gasteiger partial charge in [-0.1, -0.05) is 5.16 Å².